The van der Waals surface area contributed by atoms with E-state index in [4.69, 9.17) is 16.7 Å². The fourth-order valence-corrected chi connectivity index (χ4v) is 5.29. The van der Waals surface area contributed by atoms with Gasteiger partial charge in [-0.1, -0.05) is 41.9 Å². The molecule has 9 nitrogen and oxygen atoms in total. The summed E-state index contributed by atoms with van der Waals surface area (Å²) in [5, 5.41) is 15.9. The molecule has 0 unspecified atom stereocenters. The molecule has 3 aromatic rings. The normalized spacial score (nSPS) is 16.5. The van der Waals surface area contributed by atoms with Crippen LogP contribution in [0.15, 0.2) is 66.7 Å². The minimum atomic E-state index is -0.850. The number of nitrogens with zero attached hydrogens (tertiary/aromatic N) is 3. The maximum atomic E-state index is 13.2. The second-order valence-electron chi connectivity index (χ2n) is 10.7. The van der Waals surface area contributed by atoms with Crippen LogP contribution in [0.4, 0.5) is 17.1 Å². The second kappa shape index (κ2) is 12.8. The molecule has 3 N–H and O–H groups in total. The van der Waals surface area contributed by atoms with Crippen LogP contribution in [-0.2, 0) is 20.8 Å². The first-order valence-corrected chi connectivity index (χ1v) is 14.3. The number of rotatable bonds is 9. The van der Waals surface area contributed by atoms with E-state index in [2.05, 4.69) is 27.5 Å². The fraction of sp³-hybridized carbons (Fsp3) is 0.281. The van der Waals surface area contributed by atoms with E-state index in [9.17, 15) is 14.4 Å². The Hall–Kier alpha value is -4.18. The first-order valence-electron chi connectivity index (χ1n) is 13.9. The number of carbonyl (C=O) groups is 3. The van der Waals surface area contributed by atoms with Crippen LogP contribution in [-0.4, -0.2) is 79.5 Å². The molecule has 2 heterocycles. The van der Waals surface area contributed by atoms with Crippen LogP contribution in [0, 0.1) is 0 Å². The zero-order valence-corrected chi connectivity index (χ0v) is 24.4. The van der Waals surface area contributed by atoms with Crippen molar-refractivity contribution in [3.63, 3.8) is 0 Å². The number of amides is 2. The van der Waals surface area contributed by atoms with Gasteiger partial charge in [-0.25, -0.2) is 0 Å². The quantitative estimate of drug-likeness (QED) is 0.317. The molecule has 1 fully saturated rings. The van der Waals surface area contributed by atoms with E-state index in [0.717, 1.165) is 54.2 Å². The lowest BCUT2D eigenvalue weighted by Crippen LogP contribution is -2.48. The first-order chi connectivity index (χ1) is 20.2. The van der Waals surface area contributed by atoms with E-state index >= 15 is 0 Å². The second-order valence-corrected chi connectivity index (χ2v) is 11.1. The number of hydrogen-bond donors (Lipinski definition) is 3. The fourth-order valence-electron chi connectivity index (χ4n) is 5.12. The number of fused-ring (bicyclic) bond motifs is 1. The number of hydrogen-bond acceptors (Lipinski definition) is 6. The summed E-state index contributed by atoms with van der Waals surface area (Å²) in [7, 11) is 3.87. The van der Waals surface area contributed by atoms with Gasteiger partial charge in [0.25, 0.3) is 5.91 Å². The molecule has 0 saturated carbocycles. The van der Waals surface area contributed by atoms with E-state index in [1.807, 2.05) is 54.6 Å². The summed E-state index contributed by atoms with van der Waals surface area (Å²) in [5.41, 5.74) is 5.62. The predicted molar refractivity (Wildman–Crippen MR) is 167 cm³/mol. The molecular weight excluding hydrogens is 554 g/mol. The van der Waals surface area contributed by atoms with Crippen molar-refractivity contribution in [3.8, 4) is 0 Å². The zero-order chi connectivity index (χ0) is 29.8. The summed E-state index contributed by atoms with van der Waals surface area (Å²) < 4.78 is 0. The number of likely N-dealkylation sites (N-methyl/N-ethyl adjacent to an activating group) is 2. The molecule has 2 amide bonds. The monoisotopic (exact) mass is 587 g/mol. The molecule has 5 rings (SSSR count). The van der Waals surface area contributed by atoms with E-state index in [1.165, 1.54) is 0 Å². The van der Waals surface area contributed by atoms with Crippen LogP contribution < -0.4 is 15.5 Å². The predicted octanol–water partition coefficient (Wildman–Crippen LogP) is 4.50. The van der Waals surface area contributed by atoms with Gasteiger partial charge in [0.15, 0.2) is 0 Å². The molecule has 0 radical (unpaired) electrons. The molecule has 0 atom stereocenters. The lowest BCUT2D eigenvalue weighted by Gasteiger charge is -2.32. The van der Waals surface area contributed by atoms with Gasteiger partial charge in [-0.3, -0.25) is 19.3 Å². The lowest BCUT2D eigenvalue weighted by atomic mass is 9.98. The van der Waals surface area contributed by atoms with Crippen LogP contribution in [0.5, 0.6) is 0 Å². The van der Waals surface area contributed by atoms with Crippen molar-refractivity contribution >= 4 is 57.7 Å². The molecule has 2 aliphatic heterocycles. The molecule has 1 saturated heterocycles. The van der Waals surface area contributed by atoms with Crippen molar-refractivity contribution in [3.05, 3.63) is 88.4 Å². The number of anilines is 3. The minimum Gasteiger partial charge on any atom is -0.481 e. The molecule has 0 bridgehead atoms. The SMILES string of the molecule is CN1CCN(CC(=O)N(C)c2ccc(N/C(=C3\C(=O)Nc4cc(Cl)ccc43)c3ccc(CCC(=O)O)cc3)cc2)CC1. The van der Waals surface area contributed by atoms with Gasteiger partial charge in [-0.15, -0.1) is 0 Å². The Morgan fingerprint density at radius 2 is 1.69 bits per heavy atom. The Morgan fingerprint density at radius 1 is 1.00 bits per heavy atom. The number of carbonyl (C=O) groups excluding carboxylic acids is 2. The van der Waals surface area contributed by atoms with Crippen molar-refractivity contribution in [2.24, 2.45) is 0 Å². The average molecular weight is 588 g/mol. The third kappa shape index (κ3) is 6.82. The van der Waals surface area contributed by atoms with Gasteiger partial charge in [0.2, 0.25) is 5.91 Å². The van der Waals surface area contributed by atoms with Crippen LogP contribution in [0.25, 0.3) is 11.3 Å². The Bertz CT molecular complexity index is 1510. The number of piperazine rings is 1. The number of carboxylic acid groups (broad SMARTS) is 1. The highest BCUT2D eigenvalue weighted by atomic mass is 35.5. The number of halogens is 1. The molecule has 2 aliphatic rings. The van der Waals surface area contributed by atoms with Gasteiger partial charge < -0.3 is 25.5 Å². The van der Waals surface area contributed by atoms with Gasteiger partial charge in [0.1, 0.15) is 0 Å². The van der Waals surface area contributed by atoms with Crippen molar-refractivity contribution < 1.29 is 19.5 Å². The first kappa shape index (κ1) is 29.3. The van der Waals surface area contributed by atoms with Gasteiger partial charge >= 0.3 is 5.97 Å². The Balaban J connectivity index is 1.40. The summed E-state index contributed by atoms with van der Waals surface area (Å²) in [6.07, 6.45) is 0.458. The van der Waals surface area contributed by atoms with E-state index in [1.54, 1.807) is 24.1 Å². The molecule has 0 aliphatic carbocycles. The summed E-state index contributed by atoms with van der Waals surface area (Å²) in [6.45, 7) is 4.03. The highest BCUT2D eigenvalue weighted by Gasteiger charge is 2.29. The van der Waals surface area contributed by atoms with Crippen molar-refractivity contribution in [1.29, 1.82) is 0 Å². The van der Waals surface area contributed by atoms with Crippen LogP contribution in [0.1, 0.15) is 23.1 Å². The zero-order valence-electron chi connectivity index (χ0n) is 23.7. The van der Waals surface area contributed by atoms with E-state index in [-0.39, 0.29) is 18.2 Å². The van der Waals surface area contributed by atoms with Gasteiger partial charge in [-0.05, 0) is 61.0 Å². The van der Waals surface area contributed by atoms with E-state index in [0.29, 0.717) is 34.9 Å². The summed E-state index contributed by atoms with van der Waals surface area (Å²) in [5.74, 6) is -1.07. The minimum absolute atomic E-state index is 0.0314. The van der Waals surface area contributed by atoms with Crippen molar-refractivity contribution in [1.82, 2.24) is 9.80 Å². The van der Waals surface area contributed by atoms with Gasteiger partial charge in [0.05, 0.1) is 23.5 Å². The smallest absolute Gasteiger partial charge is 0.303 e. The number of benzene rings is 3. The Labute approximate surface area is 250 Å². The van der Waals surface area contributed by atoms with Gasteiger partial charge in [0, 0.05) is 61.6 Å². The summed E-state index contributed by atoms with van der Waals surface area (Å²) >= 11 is 6.18. The highest BCUT2D eigenvalue weighted by molar-refractivity contribution is 6.38. The largest absolute Gasteiger partial charge is 0.481 e. The van der Waals surface area contributed by atoms with Crippen molar-refractivity contribution in [2.45, 2.75) is 12.8 Å². The van der Waals surface area contributed by atoms with Gasteiger partial charge in [-0.2, -0.15) is 0 Å². The molecular formula is C32H34ClN5O4. The van der Waals surface area contributed by atoms with Crippen LogP contribution >= 0.6 is 11.6 Å². The number of aryl methyl sites for hydroxylation is 1. The number of nitrogens with one attached hydrogen (secondary N) is 2. The third-order valence-electron chi connectivity index (χ3n) is 7.70. The molecule has 42 heavy (non-hydrogen) atoms. The summed E-state index contributed by atoms with van der Waals surface area (Å²) in [4.78, 5) is 43.3. The number of aliphatic carboxylic acids is 1. The standard InChI is InChI=1S/C32H34ClN5O4/c1-36-15-17-38(18-16-36)20-28(39)37(2)25-11-9-24(10-12-25)34-31(22-6-3-21(4-7-22)5-14-29(40)41)30-26-13-8-23(33)19-27(26)35-32(30)42/h3-4,6-13,19,34H,5,14-18,20H2,1-2H3,(H,35,42)(H,40,41)/b31-30-. The topological polar surface area (TPSA) is 105 Å². The summed E-state index contributed by atoms with van der Waals surface area (Å²) in [6, 6.07) is 20.3. The third-order valence-corrected chi connectivity index (χ3v) is 7.93. The molecule has 10 heteroatoms. The van der Waals surface area contributed by atoms with Crippen LogP contribution in [0.2, 0.25) is 5.02 Å². The molecule has 218 valence electrons. The van der Waals surface area contributed by atoms with E-state index < -0.39 is 5.97 Å². The lowest BCUT2D eigenvalue weighted by molar-refractivity contribution is -0.137. The maximum Gasteiger partial charge on any atom is 0.303 e. The molecule has 3 aromatic carbocycles. The van der Waals surface area contributed by atoms with Crippen molar-refractivity contribution in [2.75, 3.05) is 62.4 Å². The Kier molecular flexibility index (Phi) is 8.91. The highest BCUT2D eigenvalue weighted by Crippen LogP contribution is 2.39. The molecule has 0 spiro atoms. The number of carboxylic acids is 1. The van der Waals surface area contributed by atoms with Crippen LogP contribution in [0.3, 0.4) is 0 Å². The average Bonchev–Trinajstić information content (AvgIpc) is 3.30. The Morgan fingerprint density at radius 3 is 2.36 bits per heavy atom. The maximum absolute atomic E-state index is 13.2. The molecule has 0 aromatic heterocycles.